The molecule has 13 heteroatoms. The summed E-state index contributed by atoms with van der Waals surface area (Å²) in [5.74, 6) is 3.00. The molecule has 0 spiro atoms. The Hall–Kier alpha value is -4.42. The molecule has 4 aromatic rings. The largest absolute Gasteiger partial charge is 0.353 e. The minimum absolute atomic E-state index is 0.151. The summed E-state index contributed by atoms with van der Waals surface area (Å²) in [7, 11) is 0. The Balaban J connectivity index is 1.12. The van der Waals surface area contributed by atoms with Crippen LogP contribution < -0.4 is 9.80 Å². The number of piperazine rings is 1. The molecule has 2 saturated heterocycles. The van der Waals surface area contributed by atoms with Gasteiger partial charge in [-0.25, -0.2) is 24.3 Å². The molecule has 1 amide bonds. The summed E-state index contributed by atoms with van der Waals surface area (Å²) in [5, 5.41) is 17.1. The number of aromatic nitrogens is 9. The van der Waals surface area contributed by atoms with Crippen molar-refractivity contribution < 1.29 is 4.79 Å². The first-order chi connectivity index (χ1) is 17.8. The highest BCUT2D eigenvalue weighted by Crippen LogP contribution is 2.25. The third kappa shape index (κ3) is 4.34. The van der Waals surface area contributed by atoms with Crippen molar-refractivity contribution in [1.29, 1.82) is 0 Å². The molecule has 36 heavy (non-hydrogen) atoms. The van der Waals surface area contributed by atoms with Crippen molar-refractivity contribution in [3.8, 4) is 11.6 Å². The van der Waals surface area contributed by atoms with E-state index in [4.69, 9.17) is 0 Å². The fraction of sp³-hybridized carbons (Fsp3) is 0.391. The average Bonchev–Trinajstić information content (AvgIpc) is 3.68. The van der Waals surface area contributed by atoms with Crippen LogP contribution in [0.25, 0.3) is 11.6 Å². The van der Waals surface area contributed by atoms with E-state index in [-0.39, 0.29) is 11.9 Å². The zero-order valence-electron chi connectivity index (χ0n) is 19.7. The van der Waals surface area contributed by atoms with Crippen LogP contribution in [0.2, 0.25) is 0 Å². The van der Waals surface area contributed by atoms with Gasteiger partial charge in [0.15, 0.2) is 17.5 Å². The number of amides is 1. The van der Waals surface area contributed by atoms with E-state index in [1.54, 1.807) is 21.9 Å². The van der Waals surface area contributed by atoms with E-state index < -0.39 is 0 Å². The maximum Gasteiger partial charge on any atom is 0.245 e. The number of hydrogen-bond donors (Lipinski definition) is 0. The first kappa shape index (κ1) is 22.1. The van der Waals surface area contributed by atoms with Crippen LogP contribution in [-0.4, -0.2) is 94.3 Å². The standard InChI is InChI=1S/C23H26N12O/c36-23(18-4-1-2-8-33(18)19-5-6-20(30-29-19)34-9-3-7-27-34)32-12-10-31(11-13-32)21-14-22(26-16-25-21)35-17-24-15-28-35/h3,5-7,9,14-18H,1-2,4,8,10-13H2. The van der Waals surface area contributed by atoms with Crippen molar-refractivity contribution >= 4 is 17.5 Å². The van der Waals surface area contributed by atoms with E-state index in [2.05, 4.69) is 45.1 Å². The highest BCUT2D eigenvalue weighted by atomic mass is 16.2. The molecule has 1 atom stereocenters. The lowest BCUT2D eigenvalue weighted by Gasteiger charge is -2.41. The van der Waals surface area contributed by atoms with Gasteiger partial charge in [0.25, 0.3) is 0 Å². The molecule has 0 saturated carbocycles. The average molecular weight is 487 g/mol. The van der Waals surface area contributed by atoms with Gasteiger partial charge in [-0.2, -0.15) is 10.2 Å². The summed E-state index contributed by atoms with van der Waals surface area (Å²) in [5.41, 5.74) is 0. The molecule has 2 fully saturated rings. The second-order valence-electron chi connectivity index (χ2n) is 8.79. The quantitative estimate of drug-likeness (QED) is 0.398. The Kier molecular flexibility index (Phi) is 5.93. The van der Waals surface area contributed by atoms with E-state index in [1.807, 2.05) is 35.4 Å². The van der Waals surface area contributed by atoms with Crippen LogP contribution in [0, 0.1) is 0 Å². The number of hydrogen-bond acceptors (Lipinski definition) is 10. The maximum absolute atomic E-state index is 13.6. The van der Waals surface area contributed by atoms with Gasteiger partial charge in [0.2, 0.25) is 5.91 Å². The zero-order valence-corrected chi connectivity index (χ0v) is 19.7. The Morgan fingerprint density at radius 1 is 0.833 bits per heavy atom. The zero-order chi connectivity index (χ0) is 24.3. The minimum Gasteiger partial charge on any atom is -0.353 e. The van der Waals surface area contributed by atoms with Crippen LogP contribution in [0.1, 0.15) is 19.3 Å². The van der Waals surface area contributed by atoms with Crippen LogP contribution in [0.5, 0.6) is 0 Å². The van der Waals surface area contributed by atoms with Crippen LogP contribution >= 0.6 is 0 Å². The van der Waals surface area contributed by atoms with Gasteiger partial charge >= 0.3 is 0 Å². The van der Waals surface area contributed by atoms with Crippen LogP contribution in [0.3, 0.4) is 0 Å². The van der Waals surface area contributed by atoms with Gasteiger partial charge in [-0.05, 0) is 37.5 Å². The van der Waals surface area contributed by atoms with Gasteiger partial charge in [0.05, 0.1) is 0 Å². The molecule has 0 N–H and O–H groups in total. The monoisotopic (exact) mass is 486 g/mol. The molecule has 1 unspecified atom stereocenters. The number of nitrogens with zero attached hydrogens (tertiary/aromatic N) is 12. The van der Waals surface area contributed by atoms with E-state index >= 15 is 0 Å². The molecule has 0 radical (unpaired) electrons. The number of rotatable bonds is 5. The molecule has 6 rings (SSSR count). The van der Waals surface area contributed by atoms with Crippen molar-refractivity contribution in [2.24, 2.45) is 0 Å². The molecule has 4 aromatic heterocycles. The van der Waals surface area contributed by atoms with Crippen molar-refractivity contribution in [3.63, 3.8) is 0 Å². The number of anilines is 2. The smallest absolute Gasteiger partial charge is 0.245 e. The van der Waals surface area contributed by atoms with Gasteiger partial charge in [-0.1, -0.05) is 0 Å². The van der Waals surface area contributed by atoms with Gasteiger partial charge in [-0.3, -0.25) is 4.79 Å². The molecular weight excluding hydrogens is 460 g/mol. The number of piperidine rings is 1. The molecule has 13 nitrogen and oxygen atoms in total. The predicted molar refractivity (Wildman–Crippen MR) is 130 cm³/mol. The van der Waals surface area contributed by atoms with E-state index in [0.29, 0.717) is 37.8 Å². The van der Waals surface area contributed by atoms with Crippen molar-refractivity contribution in [3.05, 3.63) is 55.6 Å². The number of carbonyl (C=O) groups excluding carboxylic acids is 1. The molecular formula is C23H26N12O. The molecule has 0 aromatic carbocycles. The van der Waals surface area contributed by atoms with E-state index in [1.165, 1.54) is 12.7 Å². The first-order valence-corrected chi connectivity index (χ1v) is 12.1. The van der Waals surface area contributed by atoms with Crippen LogP contribution in [0.15, 0.2) is 55.6 Å². The normalized spacial score (nSPS) is 18.4. The van der Waals surface area contributed by atoms with Crippen molar-refractivity contribution in [2.75, 3.05) is 42.5 Å². The second-order valence-corrected chi connectivity index (χ2v) is 8.79. The predicted octanol–water partition coefficient (Wildman–Crippen LogP) is 0.741. The molecule has 6 heterocycles. The molecule has 184 valence electrons. The Labute approximate surface area is 207 Å². The van der Waals surface area contributed by atoms with Gasteiger partial charge in [-0.15, -0.1) is 10.2 Å². The Morgan fingerprint density at radius 2 is 1.67 bits per heavy atom. The van der Waals surface area contributed by atoms with Crippen molar-refractivity contribution in [2.45, 2.75) is 25.3 Å². The summed E-state index contributed by atoms with van der Waals surface area (Å²) in [6.45, 7) is 3.46. The highest BCUT2D eigenvalue weighted by molar-refractivity contribution is 5.85. The fourth-order valence-electron chi connectivity index (χ4n) is 4.79. The lowest BCUT2D eigenvalue weighted by atomic mass is 10.0. The third-order valence-corrected chi connectivity index (χ3v) is 6.66. The summed E-state index contributed by atoms with van der Waals surface area (Å²) in [4.78, 5) is 32.5. The van der Waals surface area contributed by atoms with Gasteiger partial charge < -0.3 is 14.7 Å². The van der Waals surface area contributed by atoms with Gasteiger partial charge in [0, 0.05) is 51.2 Å². The van der Waals surface area contributed by atoms with E-state index in [0.717, 1.165) is 37.4 Å². The summed E-state index contributed by atoms with van der Waals surface area (Å²) in [6, 6.07) is 7.32. The minimum atomic E-state index is -0.229. The van der Waals surface area contributed by atoms with Crippen LogP contribution in [-0.2, 0) is 4.79 Å². The molecule has 2 aliphatic heterocycles. The molecule has 0 aliphatic carbocycles. The molecule has 0 bridgehead atoms. The lowest BCUT2D eigenvalue weighted by Crippen LogP contribution is -2.56. The fourth-order valence-corrected chi connectivity index (χ4v) is 4.79. The number of carbonyl (C=O) groups is 1. The Morgan fingerprint density at radius 3 is 2.42 bits per heavy atom. The molecule has 2 aliphatic rings. The summed E-state index contributed by atoms with van der Waals surface area (Å²) >= 11 is 0. The lowest BCUT2D eigenvalue weighted by molar-refractivity contribution is -0.133. The second kappa shape index (κ2) is 9.68. The first-order valence-electron chi connectivity index (χ1n) is 12.1. The van der Waals surface area contributed by atoms with E-state index in [9.17, 15) is 4.79 Å². The third-order valence-electron chi connectivity index (χ3n) is 6.66. The van der Waals surface area contributed by atoms with Gasteiger partial charge in [0.1, 0.15) is 30.8 Å². The Bertz CT molecular complexity index is 1280. The van der Waals surface area contributed by atoms with Crippen molar-refractivity contribution in [1.82, 2.24) is 49.6 Å². The summed E-state index contributed by atoms with van der Waals surface area (Å²) in [6.07, 6.45) is 11.0. The maximum atomic E-state index is 13.6. The summed E-state index contributed by atoms with van der Waals surface area (Å²) < 4.78 is 3.27. The highest BCUT2D eigenvalue weighted by Gasteiger charge is 2.34. The topological polar surface area (TPSA) is 127 Å². The SMILES string of the molecule is O=C(C1CCCCN1c1ccc(-n2cccn2)nn1)N1CCN(c2cc(-n3cncn3)ncn2)CC1. The van der Waals surface area contributed by atoms with Crippen LogP contribution in [0.4, 0.5) is 11.6 Å².